The summed E-state index contributed by atoms with van der Waals surface area (Å²) < 4.78 is 0. The topological polar surface area (TPSA) is 107 Å². The number of benzene rings is 1. The zero-order chi connectivity index (χ0) is 17.1. The first-order valence-electron chi connectivity index (χ1n) is 7.18. The van der Waals surface area contributed by atoms with Gasteiger partial charge >= 0.3 is 5.97 Å². The SMILES string of the molecule is CNc1ccc(C)cc1C(=O)N[C@@H](C(=O)O)c1c(C)n[nH]c1C. The van der Waals surface area contributed by atoms with E-state index in [1.165, 1.54) is 0 Å². The van der Waals surface area contributed by atoms with Gasteiger partial charge in [-0.15, -0.1) is 0 Å². The molecule has 0 bridgehead atoms. The van der Waals surface area contributed by atoms with E-state index < -0.39 is 17.9 Å². The van der Waals surface area contributed by atoms with Gasteiger partial charge in [0.1, 0.15) is 0 Å². The minimum atomic E-state index is -1.16. The molecule has 0 aliphatic heterocycles. The van der Waals surface area contributed by atoms with Crippen molar-refractivity contribution in [2.75, 3.05) is 12.4 Å². The summed E-state index contributed by atoms with van der Waals surface area (Å²) in [4.78, 5) is 24.2. The number of aryl methyl sites for hydroxylation is 3. The summed E-state index contributed by atoms with van der Waals surface area (Å²) in [6, 6.07) is 4.22. The van der Waals surface area contributed by atoms with Gasteiger partial charge in [0.2, 0.25) is 0 Å². The van der Waals surface area contributed by atoms with Crippen LogP contribution in [0.5, 0.6) is 0 Å². The van der Waals surface area contributed by atoms with E-state index in [1.54, 1.807) is 33.0 Å². The molecule has 7 heteroatoms. The van der Waals surface area contributed by atoms with Gasteiger partial charge in [-0.2, -0.15) is 5.10 Å². The van der Waals surface area contributed by atoms with Crippen molar-refractivity contribution in [1.82, 2.24) is 15.5 Å². The molecule has 1 amide bonds. The Morgan fingerprint density at radius 3 is 2.48 bits per heavy atom. The Hall–Kier alpha value is -2.83. The minimum Gasteiger partial charge on any atom is -0.479 e. The van der Waals surface area contributed by atoms with E-state index in [-0.39, 0.29) is 0 Å². The molecule has 2 aromatic rings. The van der Waals surface area contributed by atoms with Gasteiger partial charge in [0.15, 0.2) is 6.04 Å². The number of H-pyrrole nitrogens is 1. The van der Waals surface area contributed by atoms with Crippen LogP contribution in [0.15, 0.2) is 18.2 Å². The van der Waals surface area contributed by atoms with Crippen molar-refractivity contribution in [3.63, 3.8) is 0 Å². The molecule has 2 rings (SSSR count). The number of aromatic nitrogens is 2. The van der Waals surface area contributed by atoms with E-state index >= 15 is 0 Å². The predicted molar refractivity (Wildman–Crippen MR) is 86.6 cm³/mol. The summed E-state index contributed by atoms with van der Waals surface area (Å²) in [5.41, 5.74) is 3.60. The third-order valence-corrected chi connectivity index (χ3v) is 3.69. The molecule has 0 saturated heterocycles. The first-order valence-corrected chi connectivity index (χ1v) is 7.18. The third kappa shape index (κ3) is 3.33. The van der Waals surface area contributed by atoms with Crippen molar-refractivity contribution in [3.05, 3.63) is 46.3 Å². The van der Waals surface area contributed by atoms with Crippen LogP contribution in [0.1, 0.15) is 38.9 Å². The Labute approximate surface area is 134 Å². The van der Waals surface area contributed by atoms with E-state index in [0.717, 1.165) is 5.56 Å². The van der Waals surface area contributed by atoms with Gasteiger partial charge in [-0.05, 0) is 32.9 Å². The number of nitrogens with one attached hydrogen (secondary N) is 3. The maximum Gasteiger partial charge on any atom is 0.331 e. The normalized spacial score (nSPS) is 11.8. The fourth-order valence-corrected chi connectivity index (χ4v) is 2.52. The van der Waals surface area contributed by atoms with Crippen LogP contribution in [0.4, 0.5) is 5.69 Å². The number of anilines is 1. The Balaban J connectivity index is 2.37. The van der Waals surface area contributed by atoms with Gasteiger partial charge in [-0.3, -0.25) is 9.89 Å². The quantitative estimate of drug-likeness (QED) is 0.674. The minimum absolute atomic E-state index is 0.401. The van der Waals surface area contributed by atoms with Gasteiger partial charge in [-0.25, -0.2) is 4.79 Å². The first-order chi connectivity index (χ1) is 10.8. The number of rotatable bonds is 5. The van der Waals surface area contributed by atoms with Gasteiger partial charge in [0, 0.05) is 24.0 Å². The monoisotopic (exact) mass is 316 g/mol. The predicted octanol–water partition coefficient (Wildman–Crippen LogP) is 1.93. The van der Waals surface area contributed by atoms with Crippen molar-refractivity contribution < 1.29 is 14.7 Å². The van der Waals surface area contributed by atoms with Crippen molar-refractivity contribution in [1.29, 1.82) is 0 Å². The molecule has 0 unspecified atom stereocenters. The van der Waals surface area contributed by atoms with E-state index in [0.29, 0.717) is 28.2 Å². The highest BCUT2D eigenvalue weighted by atomic mass is 16.4. The number of carboxylic acids is 1. The standard InChI is InChI=1S/C16H20N4O3/c1-8-5-6-12(17-4)11(7-8)15(21)18-14(16(22)23)13-9(2)19-20-10(13)3/h5-7,14,17H,1-4H3,(H,18,21)(H,19,20)(H,22,23)/t14-/m1/s1. The van der Waals surface area contributed by atoms with Crippen LogP contribution in [0.25, 0.3) is 0 Å². The Morgan fingerprint density at radius 2 is 1.96 bits per heavy atom. The van der Waals surface area contributed by atoms with Crippen molar-refractivity contribution in [3.8, 4) is 0 Å². The molecule has 0 spiro atoms. The fourth-order valence-electron chi connectivity index (χ4n) is 2.52. The van der Waals surface area contributed by atoms with Crippen LogP contribution < -0.4 is 10.6 Å². The van der Waals surface area contributed by atoms with Crippen LogP contribution in [-0.4, -0.2) is 34.2 Å². The number of amides is 1. The molecular weight excluding hydrogens is 296 g/mol. The summed E-state index contributed by atoms with van der Waals surface area (Å²) in [5.74, 6) is -1.59. The Morgan fingerprint density at radius 1 is 1.26 bits per heavy atom. The molecule has 4 N–H and O–H groups in total. The number of hydrogen-bond acceptors (Lipinski definition) is 4. The summed E-state index contributed by atoms with van der Waals surface area (Å²) >= 11 is 0. The number of carbonyl (C=O) groups is 2. The molecule has 1 heterocycles. The number of nitrogens with zero attached hydrogens (tertiary/aromatic N) is 1. The number of aromatic amines is 1. The van der Waals surface area contributed by atoms with Crippen molar-refractivity contribution in [2.24, 2.45) is 0 Å². The Bertz CT molecular complexity index is 732. The second-order valence-corrected chi connectivity index (χ2v) is 5.39. The number of aliphatic carboxylic acids is 1. The molecule has 0 saturated carbocycles. The smallest absolute Gasteiger partial charge is 0.331 e. The van der Waals surface area contributed by atoms with Crippen LogP contribution in [0.3, 0.4) is 0 Å². The molecule has 0 aliphatic carbocycles. The molecule has 122 valence electrons. The van der Waals surface area contributed by atoms with Gasteiger partial charge in [-0.1, -0.05) is 11.6 Å². The fraction of sp³-hybridized carbons (Fsp3) is 0.312. The molecule has 1 aromatic carbocycles. The number of carbonyl (C=O) groups excluding carboxylic acids is 1. The second kappa shape index (κ2) is 6.51. The summed E-state index contributed by atoms with van der Waals surface area (Å²) in [7, 11) is 1.71. The van der Waals surface area contributed by atoms with E-state index in [4.69, 9.17) is 0 Å². The lowest BCUT2D eigenvalue weighted by atomic mass is 10.0. The highest BCUT2D eigenvalue weighted by Gasteiger charge is 2.28. The average molecular weight is 316 g/mol. The van der Waals surface area contributed by atoms with Crippen LogP contribution >= 0.6 is 0 Å². The molecule has 1 atom stereocenters. The highest BCUT2D eigenvalue weighted by Crippen LogP contribution is 2.22. The molecule has 0 fully saturated rings. The van der Waals surface area contributed by atoms with Gasteiger partial charge < -0.3 is 15.7 Å². The number of carboxylic acid groups (broad SMARTS) is 1. The Kier molecular flexibility index (Phi) is 4.68. The summed E-state index contributed by atoms with van der Waals surface area (Å²) in [6.45, 7) is 5.30. The zero-order valence-corrected chi connectivity index (χ0v) is 13.5. The lowest BCUT2D eigenvalue weighted by Gasteiger charge is -2.17. The lowest BCUT2D eigenvalue weighted by molar-refractivity contribution is -0.139. The van der Waals surface area contributed by atoms with E-state index in [9.17, 15) is 14.7 Å². The van der Waals surface area contributed by atoms with Crippen LogP contribution in [0.2, 0.25) is 0 Å². The summed E-state index contributed by atoms with van der Waals surface area (Å²) in [6.07, 6.45) is 0. The van der Waals surface area contributed by atoms with Crippen LogP contribution in [0, 0.1) is 20.8 Å². The highest BCUT2D eigenvalue weighted by molar-refractivity contribution is 6.01. The second-order valence-electron chi connectivity index (χ2n) is 5.39. The zero-order valence-electron chi connectivity index (χ0n) is 13.5. The molecule has 7 nitrogen and oxygen atoms in total. The van der Waals surface area contributed by atoms with Crippen molar-refractivity contribution in [2.45, 2.75) is 26.8 Å². The third-order valence-electron chi connectivity index (χ3n) is 3.69. The van der Waals surface area contributed by atoms with Gasteiger partial charge in [0.25, 0.3) is 5.91 Å². The maximum absolute atomic E-state index is 12.6. The molecule has 0 radical (unpaired) electrons. The molecular formula is C16H20N4O3. The largest absolute Gasteiger partial charge is 0.479 e. The number of hydrogen-bond donors (Lipinski definition) is 4. The summed E-state index contributed by atoms with van der Waals surface area (Å²) in [5, 5.41) is 21.8. The van der Waals surface area contributed by atoms with Gasteiger partial charge in [0.05, 0.1) is 11.3 Å². The average Bonchev–Trinajstić information content (AvgIpc) is 2.83. The lowest BCUT2D eigenvalue weighted by Crippen LogP contribution is -2.34. The molecule has 0 aliphatic rings. The molecule has 1 aromatic heterocycles. The van der Waals surface area contributed by atoms with Crippen LogP contribution in [-0.2, 0) is 4.79 Å². The van der Waals surface area contributed by atoms with E-state index in [1.807, 2.05) is 13.0 Å². The van der Waals surface area contributed by atoms with E-state index in [2.05, 4.69) is 20.8 Å². The maximum atomic E-state index is 12.6. The first kappa shape index (κ1) is 16.5. The molecule has 23 heavy (non-hydrogen) atoms. The van der Waals surface area contributed by atoms with Crippen molar-refractivity contribution >= 4 is 17.6 Å².